The van der Waals surface area contributed by atoms with Crippen molar-refractivity contribution in [2.75, 3.05) is 39.0 Å². The third-order valence-electron chi connectivity index (χ3n) is 5.02. The number of likely N-dealkylation sites (tertiary alicyclic amines) is 2. The maximum atomic E-state index is 2.63. The van der Waals surface area contributed by atoms with E-state index in [9.17, 15) is 0 Å². The van der Waals surface area contributed by atoms with Crippen LogP contribution in [0.5, 0.6) is 0 Å². The lowest BCUT2D eigenvalue weighted by Gasteiger charge is -2.54. The summed E-state index contributed by atoms with van der Waals surface area (Å²) in [6, 6.07) is 9.00. The molecule has 0 aliphatic carbocycles. The average molecular weight is 290 g/mol. The van der Waals surface area contributed by atoms with E-state index < -0.39 is 0 Å². The normalized spacial score (nSPS) is 22.9. The number of hydrogen-bond donors (Lipinski definition) is 0. The topological polar surface area (TPSA) is 6.48 Å². The van der Waals surface area contributed by atoms with Gasteiger partial charge in [0.15, 0.2) is 0 Å². The van der Waals surface area contributed by atoms with Gasteiger partial charge in [0.05, 0.1) is 0 Å². The van der Waals surface area contributed by atoms with Crippen molar-refractivity contribution in [1.29, 1.82) is 0 Å². The Balaban J connectivity index is 1.51. The fourth-order valence-corrected chi connectivity index (χ4v) is 4.19. The first kappa shape index (κ1) is 14.4. The van der Waals surface area contributed by atoms with E-state index in [0.29, 0.717) is 5.41 Å². The Bertz CT molecular complexity index is 444. The van der Waals surface area contributed by atoms with Crippen molar-refractivity contribution in [3.63, 3.8) is 0 Å². The van der Waals surface area contributed by atoms with Crippen LogP contribution in [0.1, 0.15) is 25.3 Å². The van der Waals surface area contributed by atoms with Gasteiger partial charge < -0.3 is 4.90 Å². The van der Waals surface area contributed by atoms with Gasteiger partial charge in [0.1, 0.15) is 0 Å². The molecule has 0 N–H and O–H groups in total. The van der Waals surface area contributed by atoms with Gasteiger partial charge in [-0.05, 0) is 61.8 Å². The molecule has 0 aromatic heterocycles. The molecule has 1 aromatic rings. The summed E-state index contributed by atoms with van der Waals surface area (Å²) in [5.41, 5.74) is 2.13. The number of piperidine rings is 1. The molecule has 2 saturated heterocycles. The summed E-state index contributed by atoms with van der Waals surface area (Å²) in [5, 5.41) is 0. The predicted molar refractivity (Wildman–Crippen MR) is 87.3 cm³/mol. The van der Waals surface area contributed by atoms with Crippen molar-refractivity contribution in [3.05, 3.63) is 29.8 Å². The monoisotopic (exact) mass is 290 g/mol. The lowest BCUT2D eigenvalue weighted by molar-refractivity contribution is -0.0502. The van der Waals surface area contributed by atoms with Crippen molar-refractivity contribution >= 4 is 11.8 Å². The van der Waals surface area contributed by atoms with Crippen molar-refractivity contribution in [2.45, 2.75) is 31.2 Å². The molecule has 20 heavy (non-hydrogen) atoms. The summed E-state index contributed by atoms with van der Waals surface area (Å²) in [7, 11) is 0. The number of rotatable bonds is 4. The second kappa shape index (κ2) is 6.08. The maximum Gasteiger partial charge on any atom is 0.0234 e. The lowest BCUT2D eigenvalue weighted by Crippen LogP contribution is -2.59. The molecule has 110 valence electrons. The standard InChI is InChI=1S/C17H26N2S/c1-3-18-9-7-17(8-10-18)13-19(14-17)12-15-5-4-6-16(11-15)20-2/h4-6,11H,3,7-10,12-14H2,1-2H3. The third kappa shape index (κ3) is 3.05. The van der Waals surface area contributed by atoms with E-state index in [1.54, 1.807) is 0 Å². The van der Waals surface area contributed by atoms with E-state index in [2.05, 4.69) is 47.2 Å². The Morgan fingerprint density at radius 1 is 1.15 bits per heavy atom. The average Bonchev–Trinajstić information content (AvgIpc) is 2.46. The van der Waals surface area contributed by atoms with Crippen LogP contribution in [0.2, 0.25) is 0 Å². The minimum absolute atomic E-state index is 0.656. The van der Waals surface area contributed by atoms with E-state index in [4.69, 9.17) is 0 Å². The van der Waals surface area contributed by atoms with Crippen molar-refractivity contribution in [1.82, 2.24) is 9.80 Å². The van der Waals surface area contributed by atoms with Crippen LogP contribution in [0.4, 0.5) is 0 Å². The largest absolute Gasteiger partial charge is 0.304 e. The molecule has 1 aromatic carbocycles. The molecule has 0 saturated carbocycles. The quantitative estimate of drug-likeness (QED) is 0.785. The van der Waals surface area contributed by atoms with Gasteiger partial charge in [-0.15, -0.1) is 11.8 Å². The molecule has 0 radical (unpaired) electrons. The van der Waals surface area contributed by atoms with E-state index in [-0.39, 0.29) is 0 Å². The third-order valence-corrected chi connectivity index (χ3v) is 5.75. The maximum absolute atomic E-state index is 2.63. The van der Waals surface area contributed by atoms with Crippen LogP contribution in [0.3, 0.4) is 0 Å². The number of hydrogen-bond acceptors (Lipinski definition) is 3. The molecular formula is C17H26N2S. The van der Waals surface area contributed by atoms with Crippen LogP contribution < -0.4 is 0 Å². The second-order valence-electron chi connectivity index (χ2n) is 6.43. The van der Waals surface area contributed by atoms with E-state index in [0.717, 1.165) is 6.54 Å². The molecule has 2 nitrogen and oxygen atoms in total. The van der Waals surface area contributed by atoms with E-state index >= 15 is 0 Å². The van der Waals surface area contributed by atoms with Gasteiger partial charge in [-0.25, -0.2) is 0 Å². The summed E-state index contributed by atoms with van der Waals surface area (Å²) in [6.45, 7) is 9.89. The molecule has 0 bridgehead atoms. The highest BCUT2D eigenvalue weighted by atomic mass is 32.2. The van der Waals surface area contributed by atoms with Crippen molar-refractivity contribution < 1.29 is 0 Å². The van der Waals surface area contributed by atoms with Gasteiger partial charge in [-0.3, -0.25) is 4.90 Å². The second-order valence-corrected chi connectivity index (χ2v) is 7.31. The highest BCUT2D eigenvalue weighted by Gasteiger charge is 2.44. The van der Waals surface area contributed by atoms with Crippen LogP contribution in [-0.4, -0.2) is 48.8 Å². The molecule has 2 aliphatic heterocycles. The first-order chi connectivity index (χ1) is 9.73. The summed E-state index contributed by atoms with van der Waals surface area (Å²) in [6.07, 6.45) is 4.96. The van der Waals surface area contributed by atoms with Crippen LogP contribution in [0.15, 0.2) is 29.2 Å². The minimum atomic E-state index is 0.656. The zero-order valence-corrected chi connectivity index (χ0v) is 13.6. The SMILES string of the molecule is CCN1CCC2(CC1)CN(Cc1cccc(SC)c1)C2. The lowest BCUT2D eigenvalue weighted by atomic mass is 9.72. The summed E-state index contributed by atoms with van der Waals surface area (Å²) >= 11 is 1.84. The Morgan fingerprint density at radius 3 is 2.55 bits per heavy atom. The molecule has 2 fully saturated rings. The molecule has 3 heteroatoms. The first-order valence-electron chi connectivity index (χ1n) is 7.81. The highest BCUT2D eigenvalue weighted by Crippen LogP contribution is 2.41. The zero-order valence-electron chi connectivity index (χ0n) is 12.8. The molecule has 2 heterocycles. The van der Waals surface area contributed by atoms with E-state index in [1.807, 2.05) is 11.8 Å². The van der Waals surface area contributed by atoms with Gasteiger partial charge in [-0.2, -0.15) is 0 Å². The Morgan fingerprint density at radius 2 is 1.90 bits per heavy atom. The molecule has 2 aliphatic rings. The summed E-state index contributed by atoms with van der Waals surface area (Å²) in [4.78, 5) is 6.60. The smallest absolute Gasteiger partial charge is 0.0234 e. The van der Waals surface area contributed by atoms with Crippen molar-refractivity contribution in [3.8, 4) is 0 Å². The summed E-state index contributed by atoms with van der Waals surface area (Å²) < 4.78 is 0. The molecule has 0 unspecified atom stereocenters. The Hall–Kier alpha value is -0.510. The van der Waals surface area contributed by atoms with Crippen LogP contribution in [0, 0.1) is 5.41 Å². The van der Waals surface area contributed by atoms with Crippen LogP contribution in [-0.2, 0) is 6.54 Å². The Labute approximate surface area is 127 Å². The van der Waals surface area contributed by atoms with Gasteiger partial charge in [0.25, 0.3) is 0 Å². The number of thioether (sulfide) groups is 1. The van der Waals surface area contributed by atoms with E-state index in [1.165, 1.54) is 56.0 Å². The predicted octanol–water partition coefficient (Wildman–Crippen LogP) is 3.33. The van der Waals surface area contributed by atoms with Crippen LogP contribution >= 0.6 is 11.8 Å². The zero-order chi connectivity index (χ0) is 14.0. The van der Waals surface area contributed by atoms with Gasteiger partial charge >= 0.3 is 0 Å². The Kier molecular flexibility index (Phi) is 4.39. The molecular weight excluding hydrogens is 264 g/mol. The first-order valence-corrected chi connectivity index (χ1v) is 9.03. The molecule has 0 atom stereocenters. The van der Waals surface area contributed by atoms with Gasteiger partial charge in [0.2, 0.25) is 0 Å². The molecule has 0 amide bonds. The minimum Gasteiger partial charge on any atom is -0.304 e. The summed E-state index contributed by atoms with van der Waals surface area (Å²) in [5.74, 6) is 0. The fourth-order valence-electron chi connectivity index (χ4n) is 3.70. The molecule has 3 rings (SSSR count). The fraction of sp³-hybridized carbons (Fsp3) is 0.647. The van der Waals surface area contributed by atoms with Gasteiger partial charge in [0, 0.05) is 24.5 Å². The van der Waals surface area contributed by atoms with Gasteiger partial charge in [-0.1, -0.05) is 19.1 Å². The number of benzene rings is 1. The van der Waals surface area contributed by atoms with Crippen LogP contribution in [0.25, 0.3) is 0 Å². The highest BCUT2D eigenvalue weighted by molar-refractivity contribution is 7.98. The number of nitrogens with zero attached hydrogens (tertiary/aromatic N) is 2. The molecule has 1 spiro atoms. The van der Waals surface area contributed by atoms with Crippen molar-refractivity contribution in [2.24, 2.45) is 5.41 Å².